The summed E-state index contributed by atoms with van der Waals surface area (Å²) in [5.74, 6) is 0.806. The predicted molar refractivity (Wildman–Crippen MR) is 40.6 cm³/mol. The first-order chi connectivity index (χ1) is 4.52. The van der Waals surface area contributed by atoms with E-state index in [-0.39, 0.29) is 5.54 Å². The van der Waals surface area contributed by atoms with Crippen molar-refractivity contribution in [3.8, 4) is 0 Å². The molecule has 0 aliphatic rings. The molecule has 60 valence electrons. The van der Waals surface area contributed by atoms with Crippen molar-refractivity contribution in [2.45, 2.75) is 46.1 Å². The molecule has 1 atom stereocenters. The van der Waals surface area contributed by atoms with E-state index in [9.17, 15) is 0 Å². The maximum absolute atomic E-state index is 4.32. The number of hydrogen-bond donors (Lipinski definition) is 0. The fourth-order valence-electron chi connectivity index (χ4n) is 1.03. The van der Waals surface area contributed by atoms with Crippen LogP contribution < -0.4 is 0 Å². The van der Waals surface area contributed by atoms with E-state index in [0.29, 0.717) is 0 Å². The SMILES string of the molecule is CCC(C)CC(C)(C)[N]=[Mo]. The Labute approximate surface area is 75.3 Å². The van der Waals surface area contributed by atoms with Crippen molar-refractivity contribution in [3.63, 3.8) is 0 Å². The van der Waals surface area contributed by atoms with Crippen LogP contribution in [0.1, 0.15) is 40.5 Å². The molecule has 1 nitrogen and oxygen atoms in total. The van der Waals surface area contributed by atoms with Crippen molar-refractivity contribution in [2.24, 2.45) is 9.41 Å². The topological polar surface area (TPSA) is 12.4 Å². The third-order valence-electron chi connectivity index (χ3n) is 1.79. The first-order valence-electron chi connectivity index (χ1n) is 3.86. The molecule has 2 heteroatoms. The van der Waals surface area contributed by atoms with Crippen molar-refractivity contribution in [1.82, 2.24) is 0 Å². The molecule has 0 aromatic heterocycles. The Balaban J connectivity index is 3.75. The summed E-state index contributed by atoms with van der Waals surface area (Å²) in [4.78, 5) is 0. The summed E-state index contributed by atoms with van der Waals surface area (Å²) in [5.41, 5.74) is 0.194. The van der Waals surface area contributed by atoms with Gasteiger partial charge < -0.3 is 0 Å². The van der Waals surface area contributed by atoms with Gasteiger partial charge in [0.1, 0.15) is 0 Å². The molecular formula is C8H17MoN. The van der Waals surface area contributed by atoms with Gasteiger partial charge in [0.15, 0.2) is 0 Å². The zero-order chi connectivity index (χ0) is 8.20. The van der Waals surface area contributed by atoms with Gasteiger partial charge in [-0.15, -0.1) is 0 Å². The fourth-order valence-corrected chi connectivity index (χ4v) is 1.22. The van der Waals surface area contributed by atoms with E-state index in [4.69, 9.17) is 0 Å². The maximum atomic E-state index is 4.32. The predicted octanol–water partition coefficient (Wildman–Crippen LogP) is 2.93. The molecule has 0 aliphatic carbocycles. The Morgan fingerprint density at radius 3 is 2.30 bits per heavy atom. The Morgan fingerprint density at radius 2 is 2.00 bits per heavy atom. The molecule has 0 heterocycles. The summed E-state index contributed by atoms with van der Waals surface area (Å²) in [7, 11) is 0. The Hall–Kier alpha value is 0.488. The Kier molecular flexibility index (Phi) is 4.60. The van der Waals surface area contributed by atoms with E-state index in [2.05, 4.69) is 31.2 Å². The van der Waals surface area contributed by atoms with Crippen LogP contribution in [0.4, 0.5) is 0 Å². The Morgan fingerprint density at radius 1 is 1.50 bits per heavy atom. The monoisotopic (exact) mass is 225 g/mol. The van der Waals surface area contributed by atoms with Gasteiger partial charge in [-0.2, -0.15) is 0 Å². The molecule has 0 amide bonds. The van der Waals surface area contributed by atoms with Crippen LogP contribution in [-0.2, 0) is 19.6 Å². The zero-order valence-corrected chi connectivity index (χ0v) is 9.35. The molecule has 0 rings (SSSR count). The molecule has 10 heavy (non-hydrogen) atoms. The first kappa shape index (κ1) is 10.5. The average Bonchev–Trinajstić information content (AvgIpc) is 1.87. The standard InChI is InChI=1S/C8H17N.Mo/c1-5-7(2)6-8(3,4)9;/h7H,5-6H2,1-4H3;. The van der Waals surface area contributed by atoms with Gasteiger partial charge in [-0.3, -0.25) is 0 Å². The molecule has 0 fully saturated rings. The second kappa shape index (κ2) is 4.38. The summed E-state index contributed by atoms with van der Waals surface area (Å²) < 4.78 is 4.32. The van der Waals surface area contributed by atoms with E-state index < -0.39 is 0 Å². The summed E-state index contributed by atoms with van der Waals surface area (Å²) in [5, 5.41) is 0. The van der Waals surface area contributed by atoms with E-state index in [1.807, 2.05) is 19.6 Å². The van der Waals surface area contributed by atoms with Crippen LogP contribution in [0.5, 0.6) is 0 Å². The minimum absolute atomic E-state index is 0.194. The van der Waals surface area contributed by atoms with E-state index in [0.717, 1.165) is 5.92 Å². The molecule has 0 bridgehead atoms. The van der Waals surface area contributed by atoms with Gasteiger partial charge in [0, 0.05) is 0 Å². The fraction of sp³-hybridized carbons (Fsp3) is 1.00. The first-order valence-corrected chi connectivity index (χ1v) is 4.76. The number of hydrogen-bond acceptors (Lipinski definition) is 1. The summed E-state index contributed by atoms with van der Waals surface area (Å²) in [6, 6.07) is 0. The van der Waals surface area contributed by atoms with Crippen molar-refractivity contribution in [2.75, 3.05) is 0 Å². The third-order valence-corrected chi connectivity index (χ3v) is 3.01. The zero-order valence-electron chi connectivity index (χ0n) is 7.35. The van der Waals surface area contributed by atoms with Gasteiger partial charge >= 0.3 is 75.1 Å². The van der Waals surface area contributed by atoms with Crippen molar-refractivity contribution in [1.29, 1.82) is 0 Å². The van der Waals surface area contributed by atoms with E-state index in [1.54, 1.807) is 0 Å². The van der Waals surface area contributed by atoms with Gasteiger partial charge in [-0.05, 0) is 0 Å². The number of rotatable bonds is 4. The van der Waals surface area contributed by atoms with Crippen LogP contribution in [-0.4, -0.2) is 5.54 Å². The third kappa shape index (κ3) is 4.33. The van der Waals surface area contributed by atoms with Crippen molar-refractivity contribution >= 4 is 0 Å². The van der Waals surface area contributed by atoms with E-state index >= 15 is 0 Å². The van der Waals surface area contributed by atoms with Gasteiger partial charge in [0.2, 0.25) is 0 Å². The minimum atomic E-state index is 0.194. The average molecular weight is 223 g/mol. The van der Waals surface area contributed by atoms with Crippen LogP contribution in [0.3, 0.4) is 0 Å². The molecule has 0 radical (unpaired) electrons. The molecule has 0 aliphatic heterocycles. The summed E-state index contributed by atoms with van der Waals surface area (Å²) in [6.07, 6.45) is 2.47. The van der Waals surface area contributed by atoms with Crippen LogP contribution in [0.25, 0.3) is 0 Å². The molecule has 0 spiro atoms. The number of nitrogens with zero attached hydrogens (tertiary/aromatic N) is 1. The van der Waals surface area contributed by atoms with Crippen LogP contribution in [0.15, 0.2) is 3.50 Å². The molecule has 0 aromatic rings. The van der Waals surface area contributed by atoms with Crippen LogP contribution in [0, 0.1) is 5.92 Å². The molecule has 0 N–H and O–H groups in total. The van der Waals surface area contributed by atoms with Crippen LogP contribution >= 0.6 is 0 Å². The van der Waals surface area contributed by atoms with Gasteiger partial charge in [-0.1, -0.05) is 0 Å². The molecular weight excluding hydrogens is 206 g/mol. The quantitative estimate of drug-likeness (QED) is 0.650. The molecule has 0 saturated heterocycles. The molecule has 0 aromatic carbocycles. The molecule has 1 unspecified atom stereocenters. The van der Waals surface area contributed by atoms with Crippen LogP contribution in [0.2, 0.25) is 0 Å². The second-order valence-electron chi connectivity index (χ2n) is 3.62. The van der Waals surface area contributed by atoms with Gasteiger partial charge in [0.05, 0.1) is 0 Å². The van der Waals surface area contributed by atoms with E-state index in [1.165, 1.54) is 12.8 Å². The summed E-state index contributed by atoms with van der Waals surface area (Å²) >= 11 is 1.84. The second-order valence-corrected chi connectivity index (χ2v) is 4.07. The normalized spacial score (nSPS) is 14.8. The van der Waals surface area contributed by atoms with Crippen molar-refractivity contribution in [3.05, 3.63) is 0 Å². The van der Waals surface area contributed by atoms with Gasteiger partial charge in [-0.25, -0.2) is 0 Å². The molecule has 0 saturated carbocycles. The van der Waals surface area contributed by atoms with Gasteiger partial charge in [0.25, 0.3) is 0 Å². The van der Waals surface area contributed by atoms with Crippen molar-refractivity contribution < 1.29 is 19.6 Å². The Bertz CT molecular complexity index is 110. The summed E-state index contributed by atoms with van der Waals surface area (Å²) in [6.45, 7) is 8.91.